The SMILES string of the molecule is C=C/C=C(\C=C/C)CCNC(=O)n1nc(C)c(Cc2c[nH]c3ncccc23)c1C. The molecule has 1 amide bonds. The number of aromatic nitrogens is 4. The average Bonchev–Trinajstić information content (AvgIpc) is 3.24. The zero-order valence-corrected chi connectivity index (χ0v) is 17.2. The van der Waals surface area contributed by atoms with E-state index < -0.39 is 0 Å². The average molecular weight is 390 g/mol. The number of hydrogen-bond acceptors (Lipinski definition) is 3. The first-order valence-electron chi connectivity index (χ1n) is 9.73. The topological polar surface area (TPSA) is 75.6 Å². The van der Waals surface area contributed by atoms with Gasteiger partial charge >= 0.3 is 6.03 Å². The Morgan fingerprint density at radius 3 is 2.97 bits per heavy atom. The Kier molecular flexibility index (Phi) is 6.44. The fraction of sp³-hybridized carbons (Fsp3) is 0.261. The number of nitrogens with zero attached hydrogens (tertiary/aromatic N) is 3. The number of allylic oxidation sites excluding steroid dienone is 4. The molecule has 0 fully saturated rings. The van der Waals surface area contributed by atoms with E-state index in [2.05, 4.69) is 33.0 Å². The van der Waals surface area contributed by atoms with E-state index in [1.54, 1.807) is 12.3 Å². The normalized spacial score (nSPS) is 12.0. The summed E-state index contributed by atoms with van der Waals surface area (Å²) in [6.45, 7) is 10.1. The number of nitrogens with one attached hydrogen (secondary N) is 2. The van der Waals surface area contributed by atoms with Crippen LogP contribution in [0.3, 0.4) is 0 Å². The van der Waals surface area contributed by atoms with Crippen molar-refractivity contribution in [3.63, 3.8) is 0 Å². The maximum atomic E-state index is 12.7. The Bertz CT molecular complexity index is 1080. The number of fused-ring (bicyclic) bond motifs is 1. The van der Waals surface area contributed by atoms with Crippen molar-refractivity contribution >= 4 is 17.1 Å². The molecule has 150 valence electrons. The van der Waals surface area contributed by atoms with Gasteiger partial charge in [0.1, 0.15) is 5.65 Å². The molecule has 29 heavy (non-hydrogen) atoms. The Morgan fingerprint density at radius 1 is 1.38 bits per heavy atom. The first kappa shape index (κ1) is 20.3. The highest BCUT2D eigenvalue weighted by Crippen LogP contribution is 2.23. The summed E-state index contributed by atoms with van der Waals surface area (Å²) in [5, 5.41) is 8.52. The summed E-state index contributed by atoms with van der Waals surface area (Å²) in [5.41, 5.74) is 5.90. The molecule has 6 nitrogen and oxygen atoms in total. The van der Waals surface area contributed by atoms with Gasteiger partial charge in [-0.1, -0.05) is 30.9 Å². The Balaban J connectivity index is 1.72. The van der Waals surface area contributed by atoms with E-state index in [1.165, 1.54) is 4.68 Å². The van der Waals surface area contributed by atoms with E-state index >= 15 is 0 Å². The number of carbonyl (C=O) groups excluding carboxylic acids is 1. The smallest absolute Gasteiger partial charge is 0.342 e. The van der Waals surface area contributed by atoms with Crippen LogP contribution in [0, 0.1) is 13.8 Å². The molecular weight excluding hydrogens is 362 g/mol. The van der Waals surface area contributed by atoms with Crippen LogP contribution < -0.4 is 5.32 Å². The second-order valence-electron chi connectivity index (χ2n) is 6.91. The second-order valence-corrected chi connectivity index (χ2v) is 6.91. The number of hydrogen-bond donors (Lipinski definition) is 2. The first-order chi connectivity index (χ1) is 14.0. The minimum atomic E-state index is -0.212. The number of rotatable bonds is 7. The highest BCUT2D eigenvalue weighted by Gasteiger charge is 2.18. The van der Waals surface area contributed by atoms with Gasteiger partial charge < -0.3 is 10.3 Å². The molecule has 2 N–H and O–H groups in total. The number of carbonyl (C=O) groups is 1. The van der Waals surface area contributed by atoms with Crippen LogP contribution >= 0.6 is 0 Å². The molecule has 0 bridgehead atoms. The molecule has 0 aromatic carbocycles. The van der Waals surface area contributed by atoms with Crippen molar-refractivity contribution in [2.24, 2.45) is 0 Å². The molecule has 0 radical (unpaired) electrons. The maximum absolute atomic E-state index is 12.7. The summed E-state index contributed by atoms with van der Waals surface area (Å²) in [6, 6.07) is 3.77. The fourth-order valence-electron chi connectivity index (χ4n) is 3.45. The van der Waals surface area contributed by atoms with E-state index in [1.807, 2.05) is 51.3 Å². The molecule has 6 heteroatoms. The van der Waals surface area contributed by atoms with Crippen molar-refractivity contribution in [2.45, 2.75) is 33.6 Å². The highest BCUT2D eigenvalue weighted by atomic mass is 16.2. The number of aryl methyl sites for hydroxylation is 1. The van der Waals surface area contributed by atoms with E-state index in [0.29, 0.717) is 13.0 Å². The van der Waals surface area contributed by atoms with Gasteiger partial charge in [-0.2, -0.15) is 9.78 Å². The Labute approximate surface area is 171 Å². The standard InChI is InChI=1S/C23H27N5O/c1-5-8-18(9-6-2)11-13-25-23(29)28-17(4)21(16(3)27-28)14-19-15-26-22-20(19)10-7-12-24-22/h5-10,12,15H,1,11,13-14H2,2-4H3,(H,24,26)(H,25,29)/b9-6-,18-8+. The minimum Gasteiger partial charge on any atom is -0.346 e. The molecule has 3 heterocycles. The fourth-order valence-corrected chi connectivity index (χ4v) is 3.45. The van der Waals surface area contributed by atoms with Gasteiger partial charge in [0, 0.05) is 42.0 Å². The van der Waals surface area contributed by atoms with Crippen LogP contribution in [0.4, 0.5) is 4.79 Å². The van der Waals surface area contributed by atoms with Gasteiger partial charge in [0.25, 0.3) is 0 Å². The molecule has 0 aliphatic rings. The summed E-state index contributed by atoms with van der Waals surface area (Å²) < 4.78 is 1.46. The zero-order chi connectivity index (χ0) is 20.8. The van der Waals surface area contributed by atoms with Crippen molar-refractivity contribution < 1.29 is 4.79 Å². The molecule has 0 atom stereocenters. The summed E-state index contributed by atoms with van der Waals surface area (Å²) in [7, 11) is 0. The number of pyridine rings is 1. The molecule has 3 aromatic rings. The van der Waals surface area contributed by atoms with Crippen LogP contribution in [0.15, 0.2) is 61.0 Å². The van der Waals surface area contributed by atoms with Gasteiger partial charge in [-0.25, -0.2) is 9.78 Å². The first-order valence-corrected chi connectivity index (χ1v) is 9.73. The van der Waals surface area contributed by atoms with Crippen LogP contribution in [-0.4, -0.2) is 32.3 Å². The number of amides is 1. The van der Waals surface area contributed by atoms with Gasteiger partial charge in [0.05, 0.1) is 5.69 Å². The third-order valence-corrected chi connectivity index (χ3v) is 4.94. The van der Waals surface area contributed by atoms with Gasteiger partial charge in [-0.3, -0.25) is 0 Å². The predicted molar refractivity (Wildman–Crippen MR) is 117 cm³/mol. The van der Waals surface area contributed by atoms with Crippen molar-refractivity contribution in [1.82, 2.24) is 25.1 Å². The molecular formula is C23H27N5O. The maximum Gasteiger partial charge on any atom is 0.342 e. The summed E-state index contributed by atoms with van der Waals surface area (Å²) in [6.07, 6.45) is 12.9. The Hall–Kier alpha value is -3.41. The highest BCUT2D eigenvalue weighted by molar-refractivity contribution is 5.80. The van der Waals surface area contributed by atoms with Gasteiger partial charge in [0.2, 0.25) is 0 Å². The monoisotopic (exact) mass is 389 g/mol. The molecule has 3 rings (SSSR count). The van der Waals surface area contributed by atoms with Crippen molar-refractivity contribution in [3.05, 3.63) is 83.5 Å². The quantitative estimate of drug-likeness (QED) is 0.580. The lowest BCUT2D eigenvalue weighted by molar-refractivity contribution is 0.239. The molecule has 0 aliphatic carbocycles. The van der Waals surface area contributed by atoms with Crippen LogP contribution in [0.2, 0.25) is 0 Å². The van der Waals surface area contributed by atoms with E-state index in [9.17, 15) is 4.79 Å². The predicted octanol–water partition coefficient (Wildman–Crippen LogP) is 4.60. The molecule has 0 spiro atoms. The molecule has 0 aliphatic heterocycles. The molecule has 0 saturated heterocycles. The van der Waals surface area contributed by atoms with Crippen LogP contribution in [-0.2, 0) is 6.42 Å². The van der Waals surface area contributed by atoms with Gasteiger partial charge in [0.15, 0.2) is 0 Å². The van der Waals surface area contributed by atoms with Gasteiger partial charge in [-0.05, 0) is 50.5 Å². The molecule has 0 unspecified atom stereocenters. The summed E-state index contributed by atoms with van der Waals surface area (Å²) in [5.74, 6) is 0. The lowest BCUT2D eigenvalue weighted by Crippen LogP contribution is -2.31. The third-order valence-electron chi connectivity index (χ3n) is 4.94. The third kappa shape index (κ3) is 4.54. The van der Waals surface area contributed by atoms with E-state index in [4.69, 9.17) is 0 Å². The van der Waals surface area contributed by atoms with Crippen molar-refractivity contribution in [1.29, 1.82) is 0 Å². The van der Waals surface area contributed by atoms with Crippen molar-refractivity contribution in [2.75, 3.05) is 6.54 Å². The number of aromatic amines is 1. The lowest BCUT2D eigenvalue weighted by atomic mass is 10.0. The summed E-state index contributed by atoms with van der Waals surface area (Å²) >= 11 is 0. The molecule has 3 aromatic heterocycles. The minimum absolute atomic E-state index is 0.212. The molecule has 0 saturated carbocycles. The second kappa shape index (κ2) is 9.19. The zero-order valence-electron chi connectivity index (χ0n) is 17.2. The lowest BCUT2D eigenvalue weighted by Gasteiger charge is -2.07. The summed E-state index contributed by atoms with van der Waals surface area (Å²) in [4.78, 5) is 20.2. The van der Waals surface area contributed by atoms with Crippen LogP contribution in [0.25, 0.3) is 11.0 Å². The van der Waals surface area contributed by atoms with Crippen LogP contribution in [0.1, 0.15) is 35.9 Å². The van der Waals surface area contributed by atoms with E-state index in [-0.39, 0.29) is 6.03 Å². The number of H-pyrrole nitrogens is 1. The largest absolute Gasteiger partial charge is 0.346 e. The Morgan fingerprint density at radius 2 is 2.21 bits per heavy atom. The van der Waals surface area contributed by atoms with Gasteiger partial charge in [-0.15, -0.1) is 0 Å². The van der Waals surface area contributed by atoms with E-state index in [0.717, 1.165) is 45.5 Å². The van der Waals surface area contributed by atoms with Crippen LogP contribution in [0.5, 0.6) is 0 Å². The van der Waals surface area contributed by atoms with Crippen molar-refractivity contribution in [3.8, 4) is 0 Å².